The molecule has 3 rings (SSSR count). The fraction of sp³-hybridized carbons (Fsp3) is 0.333. The second-order valence-electron chi connectivity index (χ2n) is 10.1. The number of aryl methyl sites for hydroxylation is 2. The zero-order valence-corrected chi connectivity index (χ0v) is 24.1. The molecule has 0 saturated heterocycles. The number of ketones is 1. The number of esters is 1. The Balaban J connectivity index is 1.69. The maximum absolute atomic E-state index is 13.5. The summed E-state index contributed by atoms with van der Waals surface area (Å²) in [5, 5.41) is 5.41. The molecule has 0 radical (unpaired) electrons. The number of nitrogens with two attached hydrogens (primary N) is 1. The number of hydrogen-bond donors (Lipinski definition) is 3. The average Bonchev–Trinajstić information content (AvgIpc) is 2.99. The first kappa shape index (κ1) is 32.0. The maximum atomic E-state index is 13.5. The average molecular weight is 574 g/mol. The minimum Gasteiger partial charge on any atom is -0.454 e. The molecule has 4 N–H and O–H groups in total. The number of unbranched alkanes of at least 4 members (excludes halogenated alkanes) is 1. The fourth-order valence-electron chi connectivity index (χ4n) is 4.49. The second-order valence-corrected chi connectivity index (χ2v) is 10.1. The van der Waals surface area contributed by atoms with Crippen molar-refractivity contribution in [2.75, 3.05) is 13.2 Å². The van der Waals surface area contributed by atoms with Gasteiger partial charge in [-0.15, -0.1) is 0 Å². The molecule has 2 atom stereocenters. The van der Waals surface area contributed by atoms with Crippen molar-refractivity contribution in [2.24, 2.45) is 5.73 Å². The Morgan fingerprint density at radius 2 is 1.36 bits per heavy atom. The minimum absolute atomic E-state index is 0.0400. The van der Waals surface area contributed by atoms with Crippen molar-refractivity contribution >= 4 is 23.8 Å². The first-order valence-corrected chi connectivity index (χ1v) is 14.1. The molecule has 2 amide bonds. The van der Waals surface area contributed by atoms with Gasteiger partial charge in [0.1, 0.15) is 12.6 Å². The number of Topliss-reactive ketones (excluding diaryl/α,β-unsaturated/α-hetero) is 1. The second kappa shape index (κ2) is 16.7. The summed E-state index contributed by atoms with van der Waals surface area (Å²) in [5.74, 6) is -1.61. The van der Waals surface area contributed by atoms with E-state index in [0.717, 1.165) is 22.3 Å². The van der Waals surface area contributed by atoms with Gasteiger partial charge in [0.2, 0.25) is 5.91 Å². The van der Waals surface area contributed by atoms with E-state index >= 15 is 0 Å². The van der Waals surface area contributed by atoms with Gasteiger partial charge in [-0.1, -0.05) is 78.9 Å². The van der Waals surface area contributed by atoms with Gasteiger partial charge in [0.25, 0.3) is 0 Å². The number of amides is 2. The Kier molecular flexibility index (Phi) is 12.7. The lowest BCUT2D eigenvalue weighted by atomic mass is 10.0. The van der Waals surface area contributed by atoms with Crippen molar-refractivity contribution in [1.82, 2.24) is 10.6 Å². The van der Waals surface area contributed by atoms with Crippen molar-refractivity contribution in [2.45, 2.75) is 58.2 Å². The Labute approximate surface area is 246 Å². The molecule has 0 heterocycles. The van der Waals surface area contributed by atoms with Gasteiger partial charge in [-0.25, -0.2) is 9.59 Å². The van der Waals surface area contributed by atoms with E-state index in [2.05, 4.69) is 10.6 Å². The molecule has 222 valence electrons. The highest BCUT2D eigenvalue weighted by Gasteiger charge is 2.28. The lowest BCUT2D eigenvalue weighted by molar-refractivity contribution is -0.130. The van der Waals surface area contributed by atoms with Crippen LogP contribution in [0.25, 0.3) is 0 Å². The van der Waals surface area contributed by atoms with Crippen molar-refractivity contribution in [3.8, 4) is 0 Å². The van der Waals surface area contributed by atoms with Crippen molar-refractivity contribution in [3.63, 3.8) is 0 Å². The molecule has 42 heavy (non-hydrogen) atoms. The zero-order valence-electron chi connectivity index (χ0n) is 24.1. The van der Waals surface area contributed by atoms with Crippen molar-refractivity contribution in [1.29, 1.82) is 0 Å². The van der Waals surface area contributed by atoms with Crippen LogP contribution in [0.3, 0.4) is 0 Å². The van der Waals surface area contributed by atoms with Gasteiger partial charge in [0, 0.05) is 6.42 Å². The van der Waals surface area contributed by atoms with Crippen LogP contribution in [0.5, 0.6) is 0 Å². The monoisotopic (exact) mass is 573 g/mol. The summed E-state index contributed by atoms with van der Waals surface area (Å²) < 4.78 is 10.7. The molecule has 0 aliphatic carbocycles. The third kappa shape index (κ3) is 10.2. The highest BCUT2D eigenvalue weighted by molar-refractivity contribution is 5.96. The van der Waals surface area contributed by atoms with E-state index < -0.39 is 42.4 Å². The van der Waals surface area contributed by atoms with Crippen LogP contribution in [0.1, 0.15) is 51.9 Å². The summed E-state index contributed by atoms with van der Waals surface area (Å²) in [5.41, 5.74) is 9.16. The van der Waals surface area contributed by atoms with Crippen LogP contribution >= 0.6 is 0 Å². The number of carbonyl (C=O) groups is 4. The maximum Gasteiger partial charge on any atom is 0.408 e. The standard InChI is InChI=1S/C33H39N3O6/c1-23-12-11-13-24(2)30(23)32(39)41-22-29(37)27(18-9-10-19-34)35-31(38)28(20-25-14-5-3-6-15-25)36-33(40)42-21-26-16-7-4-8-17-26/h3-8,11-17,27-28H,9-10,18-22,34H2,1-2H3,(H,35,38)(H,36,40)/t27-,28-/m1/s1. The minimum atomic E-state index is -1.02. The lowest BCUT2D eigenvalue weighted by Gasteiger charge is -2.23. The van der Waals surface area contributed by atoms with E-state index in [9.17, 15) is 19.2 Å². The molecule has 0 fully saturated rings. The van der Waals surface area contributed by atoms with Crippen molar-refractivity contribution < 1.29 is 28.7 Å². The number of nitrogens with one attached hydrogen (secondary N) is 2. The summed E-state index contributed by atoms with van der Waals surface area (Å²) in [6.45, 7) is 3.56. The first-order valence-electron chi connectivity index (χ1n) is 14.1. The predicted octanol–water partition coefficient (Wildman–Crippen LogP) is 4.18. The highest BCUT2D eigenvalue weighted by atomic mass is 16.5. The summed E-state index contributed by atoms with van der Waals surface area (Å²) in [4.78, 5) is 52.1. The summed E-state index contributed by atoms with van der Waals surface area (Å²) in [6, 6.07) is 21.9. The van der Waals surface area contributed by atoms with Crippen LogP contribution in [-0.2, 0) is 32.1 Å². The molecule has 3 aromatic rings. The summed E-state index contributed by atoms with van der Waals surface area (Å²) in [7, 11) is 0. The van der Waals surface area contributed by atoms with Gasteiger partial charge in [-0.05, 0) is 61.9 Å². The van der Waals surface area contributed by atoms with E-state index in [1.807, 2.05) is 66.7 Å². The molecule has 0 unspecified atom stereocenters. The number of alkyl carbamates (subject to hydrolysis) is 1. The van der Waals surface area contributed by atoms with Crippen LogP contribution < -0.4 is 16.4 Å². The van der Waals surface area contributed by atoms with Gasteiger partial charge < -0.3 is 25.8 Å². The molecule has 9 heteroatoms. The number of benzene rings is 3. The zero-order chi connectivity index (χ0) is 30.3. The molecule has 0 aromatic heterocycles. The van der Waals surface area contributed by atoms with E-state index in [0.29, 0.717) is 31.4 Å². The third-order valence-electron chi connectivity index (χ3n) is 6.79. The number of ether oxygens (including phenoxy) is 2. The largest absolute Gasteiger partial charge is 0.454 e. The number of hydrogen-bond acceptors (Lipinski definition) is 7. The summed E-state index contributed by atoms with van der Waals surface area (Å²) >= 11 is 0. The van der Waals surface area contributed by atoms with Gasteiger partial charge in [0.15, 0.2) is 12.4 Å². The molecule has 9 nitrogen and oxygen atoms in total. The van der Waals surface area contributed by atoms with Crippen LogP contribution in [-0.4, -0.2) is 49.0 Å². The Hall–Kier alpha value is -4.50. The Morgan fingerprint density at radius 3 is 1.98 bits per heavy atom. The molecular formula is C33H39N3O6. The molecule has 0 bridgehead atoms. The van der Waals surface area contributed by atoms with Crippen LogP contribution in [0.4, 0.5) is 4.79 Å². The Morgan fingerprint density at radius 1 is 0.738 bits per heavy atom. The van der Waals surface area contributed by atoms with Crippen LogP contribution in [0.2, 0.25) is 0 Å². The van der Waals surface area contributed by atoms with Crippen LogP contribution in [0.15, 0.2) is 78.9 Å². The predicted molar refractivity (Wildman–Crippen MR) is 160 cm³/mol. The molecule has 3 aromatic carbocycles. The number of carbonyl (C=O) groups excluding carboxylic acids is 4. The molecule has 0 spiro atoms. The SMILES string of the molecule is Cc1cccc(C)c1C(=O)OCC(=O)[C@@H](CCCCN)NC(=O)[C@@H](Cc1ccccc1)NC(=O)OCc1ccccc1. The molecular weight excluding hydrogens is 534 g/mol. The topological polar surface area (TPSA) is 137 Å². The van der Waals surface area contributed by atoms with Crippen molar-refractivity contribution in [3.05, 3.63) is 107 Å². The third-order valence-corrected chi connectivity index (χ3v) is 6.79. The molecule has 0 aliphatic rings. The van der Waals surface area contributed by atoms with Gasteiger partial charge in [-0.2, -0.15) is 0 Å². The van der Waals surface area contributed by atoms with E-state index in [4.69, 9.17) is 15.2 Å². The van der Waals surface area contributed by atoms with E-state index in [-0.39, 0.29) is 13.0 Å². The lowest BCUT2D eigenvalue weighted by Crippen LogP contribution is -2.53. The first-order chi connectivity index (χ1) is 20.3. The smallest absolute Gasteiger partial charge is 0.408 e. The fourth-order valence-corrected chi connectivity index (χ4v) is 4.49. The van der Waals surface area contributed by atoms with Gasteiger partial charge >= 0.3 is 12.1 Å². The normalized spacial score (nSPS) is 12.1. The highest BCUT2D eigenvalue weighted by Crippen LogP contribution is 2.15. The summed E-state index contributed by atoms with van der Waals surface area (Å²) in [6.07, 6.45) is 0.952. The van der Waals surface area contributed by atoms with Crippen LogP contribution in [0, 0.1) is 13.8 Å². The van der Waals surface area contributed by atoms with E-state index in [1.54, 1.807) is 26.0 Å². The quantitative estimate of drug-likeness (QED) is 0.183. The molecule has 0 saturated carbocycles. The van der Waals surface area contributed by atoms with Gasteiger partial charge in [0.05, 0.1) is 11.6 Å². The van der Waals surface area contributed by atoms with Gasteiger partial charge in [-0.3, -0.25) is 9.59 Å². The Bertz CT molecular complexity index is 1310. The van der Waals surface area contributed by atoms with E-state index in [1.165, 1.54) is 0 Å². The number of rotatable bonds is 15. The molecule has 0 aliphatic heterocycles.